The molecule has 0 spiro atoms. The summed E-state index contributed by atoms with van der Waals surface area (Å²) in [6.45, 7) is 9.28. The van der Waals surface area contributed by atoms with E-state index in [0.29, 0.717) is 12.8 Å². The number of hydrogen-bond acceptors (Lipinski definition) is 9. The van der Waals surface area contributed by atoms with Crippen LogP contribution in [0, 0.1) is 5.92 Å². The van der Waals surface area contributed by atoms with Crippen molar-refractivity contribution in [2.75, 3.05) is 7.11 Å². The molecule has 0 saturated carbocycles. The van der Waals surface area contributed by atoms with Crippen molar-refractivity contribution in [1.82, 2.24) is 0 Å². The molecule has 33 heavy (non-hydrogen) atoms. The molecule has 0 aromatic heterocycles. The van der Waals surface area contributed by atoms with Crippen molar-refractivity contribution >= 4 is 35.5 Å². The predicted molar refractivity (Wildman–Crippen MR) is 117 cm³/mol. The first-order valence-electron chi connectivity index (χ1n) is 10.4. The van der Waals surface area contributed by atoms with Crippen molar-refractivity contribution in [3.8, 4) is 0 Å². The van der Waals surface area contributed by atoms with E-state index in [9.17, 15) is 24.3 Å². The number of hydrogen-bond donors (Lipinski definition) is 1. The van der Waals surface area contributed by atoms with Gasteiger partial charge in [0.2, 0.25) is 0 Å². The van der Waals surface area contributed by atoms with Gasteiger partial charge in [-0.1, -0.05) is 18.2 Å². The number of methoxy groups -OCH3 is 1. The summed E-state index contributed by atoms with van der Waals surface area (Å²) in [5, 5.41) is 9.51. The minimum Gasteiger partial charge on any atom is -0.466 e. The van der Waals surface area contributed by atoms with Crippen LogP contribution < -0.4 is 0 Å². The second-order valence-corrected chi connectivity index (χ2v) is 8.94. The van der Waals surface area contributed by atoms with Gasteiger partial charge < -0.3 is 24.1 Å². The molecule has 1 aliphatic carbocycles. The number of fused-ring (bicyclic) bond motifs is 1. The zero-order valence-corrected chi connectivity index (χ0v) is 20.0. The third-order valence-electron chi connectivity index (χ3n) is 5.72. The number of aliphatic hydroxyl groups is 1. The van der Waals surface area contributed by atoms with Crippen molar-refractivity contribution < 1.29 is 43.2 Å². The highest BCUT2D eigenvalue weighted by molar-refractivity contribution is 6.22. The van der Waals surface area contributed by atoms with Gasteiger partial charge in [-0.05, 0) is 39.7 Å². The second-order valence-electron chi connectivity index (χ2n) is 8.29. The first kappa shape index (κ1) is 26.6. The van der Waals surface area contributed by atoms with E-state index in [4.69, 9.17) is 30.5 Å². The summed E-state index contributed by atoms with van der Waals surface area (Å²) in [6, 6.07) is 0. The zero-order chi connectivity index (χ0) is 25.1. The van der Waals surface area contributed by atoms with Gasteiger partial charge in [-0.3, -0.25) is 4.79 Å². The lowest BCUT2D eigenvalue weighted by molar-refractivity contribution is -0.183. The van der Waals surface area contributed by atoms with E-state index < -0.39 is 59.1 Å². The van der Waals surface area contributed by atoms with Crippen LogP contribution in [-0.2, 0) is 38.1 Å². The Morgan fingerprint density at radius 1 is 1.33 bits per heavy atom. The van der Waals surface area contributed by atoms with E-state index >= 15 is 0 Å². The van der Waals surface area contributed by atoms with Crippen LogP contribution in [0.5, 0.6) is 0 Å². The molecule has 1 heterocycles. The molecule has 1 N–H and O–H groups in total. The predicted octanol–water partition coefficient (Wildman–Crippen LogP) is 2.15. The van der Waals surface area contributed by atoms with Crippen LogP contribution >= 0.6 is 11.6 Å². The second kappa shape index (κ2) is 10.5. The smallest absolute Gasteiger partial charge is 0.339 e. The maximum Gasteiger partial charge on any atom is 0.339 e. The van der Waals surface area contributed by atoms with Crippen LogP contribution in [0.4, 0.5) is 0 Å². The van der Waals surface area contributed by atoms with Crippen LogP contribution in [0.1, 0.15) is 40.5 Å². The van der Waals surface area contributed by atoms with Crippen LogP contribution in [0.2, 0.25) is 0 Å². The van der Waals surface area contributed by atoms with Crippen LogP contribution in [-0.4, -0.2) is 65.4 Å². The monoisotopic (exact) mass is 484 g/mol. The molecule has 0 bridgehead atoms. The highest BCUT2D eigenvalue weighted by Crippen LogP contribution is 2.38. The van der Waals surface area contributed by atoms with Gasteiger partial charge >= 0.3 is 23.9 Å². The molecule has 182 valence electrons. The number of alkyl halides is 1. The van der Waals surface area contributed by atoms with Crippen LogP contribution in [0.15, 0.2) is 35.5 Å². The number of halogens is 1. The van der Waals surface area contributed by atoms with Gasteiger partial charge in [0.15, 0.2) is 17.8 Å². The molecule has 1 saturated heterocycles. The number of carbonyl (C=O) groups is 4. The zero-order valence-electron chi connectivity index (χ0n) is 19.3. The van der Waals surface area contributed by atoms with Crippen molar-refractivity contribution in [3.63, 3.8) is 0 Å². The molecule has 10 heteroatoms. The summed E-state index contributed by atoms with van der Waals surface area (Å²) in [5.41, 5.74) is -1.39. The van der Waals surface area contributed by atoms with E-state index in [-0.39, 0.29) is 11.1 Å². The molecular weight excluding hydrogens is 456 g/mol. The Bertz CT molecular complexity index is 900. The fourth-order valence-corrected chi connectivity index (χ4v) is 3.69. The summed E-state index contributed by atoms with van der Waals surface area (Å²) in [5.74, 6) is -4.47. The molecule has 1 fully saturated rings. The minimum atomic E-state index is -2.13. The Hall–Kier alpha value is -2.65. The largest absolute Gasteiger partial charge is 0.466 e. The Balaban J connectivity index is 2.72. The number of allylic oxidation sites excluding steroid dienone is 2. The van der Waals surface area contributed by atoms with Gasteiger partial charge in [-0.2, -0.15) is 0 Å². The van der Waals surface area contributed by atoms with Crippen molar-refractivity contribution in [3.05, 3.63) is 35.5 Å². The lowest BCUT2D eigenvalue weighted by Crippen LogP contribution is -2.51. The highest BCUT2D eigenvalue weighted by atomic mass is 35.5. The van der Waals surface area contributed by atoms with Gasteiger partial charge in [0.25, 0.3) is 0 Å². The SMILES string of the molecule is C=C1C(=O)O[C@@H]2/C=C(/C)CC/C=C(/C(=O)OC)[C@H](OC(C)=O)[C@@H](OC(=O)[C@@](C)(O)[C@@H](C)Cl)[C@@H]12. The Labute approximate surface area is 197 Å². The Kier molecular flexibility index (Phi) is 8.48. The van der Waals surface area contributed by atoms with Crippen molar-refractivity contribution in [2.24, 2.45) is 5.92 Å². The topological polar surface area (TPSA) is 125 Å². The molecule has 0 aromatic rings. The molecule has 2 aliphatic rings. The lowest BCUT2D eigenvalue weighted by atomic mass is 9.83. The van der Waals surface area contributed by atoms with Gasteiger partial charge in [-0.15, -0.1) is 11.6 Å². The average Bonchev–Trinajstić information content (AvgIpc) is 2.99. The Morgan fingerprint density at radius 3 is 2.52 bits per heavy atom. The van der Waals surface area contributed by atoms with E-state index in [0.717, 1.165) is 26.5 Å². The Morgan fingerprint density at radius 2 is 1.97 bits per heavy atom. The third-order valence-corrected chi connectivity index (χ3v) is 6.14. The molecule has 0 radical (unpaired) electrons. The summed E-state index contributed by atoms with van der Waals surface area (Å²) < 4.78 is 21.4. The van der Waals surface area contributed by atoms with E-state index in [1.54, 1.807) is 6.08 Å². The first-order chi connectivity index (χ1) is 15.3. The summed E-state index contributed by atoms with van der Waals surface area (Å²) >= 11 is 5.96. The van der Waals surface area contributed by atoms with Gasteiger partial charge in [0, 0.05) is 12.5 Å². The summed E-state index contributed by atoms with van der Waals surface area (Å²) in [4.78, 5) is 50.0. The number of ether oxygens (including phenoxy) is 4. The molecule has 2 rings (SSSR count). The van der Waals surface area contributed by atoms with Gasteiger partial charge in [-0.25, -0.2) is 14.4 Å². The van der Waals surface area contributed by atoms with E-state index in [2.05, 4.69) is 6.58 Å². The lowest BCUT2D eigenvalue weighted by Gasteiger charge is -2.35. The molecule has 0 aromatic carbocycles. The maximum absolute atomic E-state index is 12.9. The van der Waals surface area contributed by atoms with Gasteiger partial charge in [0.1, 0.15) is 6.10 Å². The summed E-state index contributed by atoms with van der Waals surface area (Å²) in [6.07, 6.45) is 0.283. The highest BCUT2D eigenvalue weighted by Gasteiger charge is 2.52. The van der Waals surface area contributed by atoms with Crippen LogP contribution in [0.3, 0.4) is 0 Å². The molecule has 0 amide bonds. The molecule has 1 aliphatic heterocycles. The normalized spacial score (nSPS) is 31.4. The van der Waals surface area contributed by atoms with E-state index in [1.807, 2.05) is 6.92 Å². The van der Waals surface area contributed by atoms with Gasteiger partial charge in [0.05, 0.1) is 24.0 Å². The van der Waals surface area contributed by atoms with Crippen molar-refractivity contribution in [1.29, 1.82) is 0 Å². The standard InChI is InChI=1S/C23H29ClO9/c1-11-8-7-9-15(21(27)30-6)18(31-14(4)25)19(33-22(28)23(5,29)13(3)24)17-12(2)20(26)32-16(17)10-11/h9-10,13,16-19,29H,2,7-8H2,1,3-6H3/b11-10-,15-9+/t13-,16-,17+,18+,19+,23+/m1/s1. The maximum atomic E-state index is 12.9. The molecule has 6 atom stereocenters. The number of rotatable bonds is 5. The van der Waals surface area contributed by atoms with Crippen LogP contribution in [0.25, 0.3) is 0 Å². The minimum absolute atomic E-state index is 0.0395. The molecule has 9 nitrogen and oxygen atoms in total. The average molecular weight is 485 g/mol. The number of esters is 4. The number of carbonyl (C=O) groups excluding carboxylic acids is 4. The fraction of sp³-hybridized carbons (Fsp3) is 0.565. The molecule has 0 unspecified atom stereocenters. The van der Waals surface area contributed by atoms with E-state index in [1.165, 1.54) is 13.0 Å². The fourth-order valence-electron chi connectivity index (χ4n) is 3.60. The summed E-state index contributed by atoms with van der Waals surface area (Å²) in [7, 11) is 1.16. The molecular formula is C23H29ClO9. The first-order valence-corrected chi connectivity index (χ1v) is 10.8. The quantitative estimate of drug-likeness (QED) is 0.205. The third kappa shape index (κ3) is 5.83. The van der Waals surface area contributed by atoms with Crippen molar-refractivity contribution in [2.45, 2.75) is 69.8 Å².